The first kappa shape index (κ1) is 17.0. The van der Waals surface area contributed by atoms with Crippen molar-refractivity contribution < 1.29 is 19.1 Å². The van der Waals surface area contributed by atoms with Crippen LogP contribution in [-0.2, 0) is 14.3 Å². The van der Waals surface area contributed by atoms with E-state index in [1.807, 2.05) is 32.0 Å². The summed E-state index contributed by atoms with van der Waals surface area (Å²) in [6.07, 6.45) is 0.192. The van der Waals surface area contributed by atoms with E-state index in [9.17, 15) is 9.59 Å². The fraction of sp³-hybridized carbons (Fsp3) is 0.500. The number of rotatable bonds is 7. The summed E-state index contributed by atoms with van der Waals surface area (Å²) in [5.41, 5.74) is 2.21. The Morgan fingerprint density at radius 1 is 1.29 bits per heavy atom. The SMILES string of the molecule is CCOC(=O)C(C)NC(=O)CCOc1cccc(C)c1C. The maximum absolute atomic E-state index is 11.7. The number of aryl methyl sites for hydroxylation is 1. The average molecular weight is 293 g/mol. The Kier molecular flexibility index (Phi) is 6.72. The van der Waals surface area contributed by atoms with Gasteiger partial charge < -0.3 is 14.8 Å². The molecule has 1 aromatic carbocycles. The van der Waals surface area contributed by atoms with Crippen molar-refractivity contribution in [2.75, 3.05) is 13.2 Å². The van der Waals surface area contributed by atoms with Gasteiger partial charge in [-0.25, -0.2) is 4.79 Å². The molecule has 116 valence electrons. The van der Waals surface area contributed by atoms with Crippen LogP contribution in [0.2, 0.25) is 0 Å². The number of esters is 1. The van der Waals surface area contributed by atoms with Crippen molar-refractivity contribution in [3.05, 3.63) is 29.3 Å². The van der Waals surface area contributed by atoms with Crippen molar-refractivity contribution in [3.8, 4) is 5.75 Å². The smallest absolute Gasteiger partial charge is 0.328 e. The van der Waals surface area contributed by atoms with Crippen molar-refractivity contribution in [1.82, 2.24) is 5.32 Å². The molecule has 0 bridgehead atoms. The Hall–Kier alpha value is -2.04. The molecular formula is C16H23NO4. The largest absolute Gasteiger partial charge is 0.493 e. The molecule has 0 saturated carbocycles. The summed E-state index contributed by atoms with van der Waals surface area (Å²) < 4.78 is 10.4. The molecule has 0 aliphatic rings. The minimum absolute atomic E-state index is 0.192. The number of nitrogens with one attached hydrogen (secondary N) is 1. The summed E-state index contributed by atoms with van der Waals surface area (Å²) in [5, 5.41) is 2.58. The van der Waals surface area contributed by atoms with E-state index in [1.165, 1.54) is 0 Å². The molecule has 1 unspecified atom stereocenters. The number of amides is 1. The number of ether oxygens (including phenoxy) is 2. The Labute approximate surface area is 125 Å². The molecule has 21 heavy (non-hydrogen) atoms. The van der Waals surface area contributed by atoms with E-state index < -0.39 is 12.0 Å². The fourth-order valence-electron chi connectivity index (χ4n) is 1.77. The van der Waals surface area contributed by atoms with Crippen LogP contribution in [0.5, 0.6) is 5.75 Å². The quantitative estimate of drug-likeness (QED) is 0.782. The van der Waals surface area contributed by atoms with Gasteiger partial charge in [-0.3, -0.25) is 4.79 Å². The van der Waals surface area contributed by atoms with Crippen molar-refractivity contribution in [1.29, 1.82) is 0 Å². The van der Waals surface area contributed by atoms with Gasteiger partial charge in [-0.15, -0.1) is 0 Å². The van der Waals surface area contributed by atoms with Gasteiger partial charge >= 0.3 is 5.97 Å². The van der Waals surface area contributed by atoms with Gasteiger partial charge in [0.25, 0.3) is 0 Å². The molecule has 0 aliphatic carbocycles. The van der Waals surface area contributed by atoms with Gasteiger partial charge in [0, 0.05) is 0 Å². The first-order valence-corrected chi connectivity index (χ1v) is 7.10. The first-order valence-electron chi connectivity index (χ1n) is 7.10. The molecule has 1 rings (SSSR count). The topological polar surface area (TPSA) is 64.6 Å². The number of hydrogen-bond acceptors (Lipinski definition) is 4. The van der Waals surface area contributed by atoms with Crippen LogP contribution in [0.15, 0.2) is 18.2 Å². The maximum Gasteiger partial charge on any atom is 0.328 e. The average Bonchev–Trinajstić information content (AvgIpc) is 2.43. The van der Waals surface area contributed by atoms with Crippen LogP contribution in [0.4, 0.5) is 0 Å². The van der Waals surface area contributed by atoms with Gasteiger partial charge in [0.1, 0.15) is 11.8 Å². The predicted molar refractivity (Wildman–Crippen MR) is 80.3 cm³/mol. The zero-order valence-corrected chi connectivity index (χ0v) is 13.1. The molecule has 0 spiro atoms. The lowest BCUT2D eigenvalue weighted by atomic mass is 10.1. The van der Waals surface area contributed by atoms with E-state index in [2.05, 4.69) is 5.32 Å². The lowest BCUT2D eigenvalue weighted by molar-refractivity contribution is -0.146. The molecule has 0 aromatic heterocycles. The zero-order valence-electron chi connectivity index (χ0n) is 13.1. The van der Waals surface area contributed by atoms with Gasteiger partial charge in [0.2, 0.25) is 5.91 Å². The number of hydrogen-bond donors (Lipinski definition) is 1. The minimum Gasteiger partial charge on any atom is -0.493 e. The van der Waals surface area contributed by atoms with Crippen LogP contribution in [0, 0.1) is 13.8 Å². The van der Waals surface area contributed by atoms with Gasteiger partial charge in [0.05, 0.1) is 19.6 Å². The van der Waals surface area contributed by atoms with Crippen LogP contribution in [0.3, 0.4) is 0 Å². The highest BCUT2D eigenvalue weighted by atomic mass is 16.5. The third-order valence-electron chi connectivity index (χ3n) is 3.16. The highest BCUT2D eigenvalue weighted by Crippen LogP contribution is 2.20. The Morgan fingerprint density at radius 3 is 2.67 bits per heavy atom. The van der Waals surface area contributed by atoms with Crippen LogP contribution in [0.25, 0.3) is 0 Å². The number of carbonyl (C=O) groups excluding carboxylic acids is 2. The summed E-state index contributed by atoms with van der Waals surface area (Å²) in [6, 6.07) is 5.16. The molecular weight excluding hydrogens is 270 g/mol. The number of benzene rings is 1. The van der Waals surface area contributed by atoms with Crippen LogP contribution < -0.4 is 10.1 Å². The molecule has 5 heteroatoms. The molecule has 0 fully saturated rings. The summed E-state index contributed by atoms with van der Waals surface area (Å²) in [5.74, 6) is 0.114. The van der Waals surface area contributed by atoms with Crippen molar-refractivity contribution in [2.24, 2.45) is 0 Å². The molecule has 5 nitrogen and oxygen atoms in total. The van der Waals surface area contributed by atoms with Crippen LogP contribution in [0.1, 0.15) is 31.4 Å². The third-order valence-corrected chi connectivity index (χ3v) is 3.16. The second-order valence-corrected chi connectivity index (χ2v) is 4.84. The molecule has 1 aromatic rings. The zero-order chi connectivity index (χ0) is 15.8. The second-order valence-electron chi connectivity index (χ2n) is 4.84. The van der Waals surface area contributed by atoms with E-state index in [1.54, 1.807) is 13.8 Å². The molecule has 0 radical (unpaired) electrons. The van der Waals surface area contributed by atoms with E-state index >= 15 is 0 Å². The monoisotopic (exact) mass is 293 g/mol. The van der Waals surface area contributed by atoms with Gasteiger partial charge in [-0.2, -0.15) is 0 Å². The molecule has 0 saturated heterocycles. The molecule has 1 N–H and O–H groups in total. The highest BCUT2D eigenvalue weighted by Gasteiger charge is 2.16. The highest BCUT2D eigenvalue weighted by molar-refractivity contribution is 5.84. The van der Waals surface area contributed by atoms with Crippen LogP contribution >= 0.6 is 0 Å². The van der Waals surface area contributed by atoms with E-state index in [0.717, 1.165) is 16.9 Å². The lowest BCUT2D eigenvalue weighted by Gasteiger charge is -2.13. The summed E-state index contributed by atoms with van der Waals surface area (Å²) >= 11 is 0. The maximum atomic E-state index is 11.7. The summed E-state index contributed by atoms with van der Waals surface area (Å²) in [4.78, 5) is 23.1. The van der Waals surface area contributed by atoms with Crippen molar-refractivity contribution >= 4 is 11.9 Å². The fourth-order valence-corrected chi connectivity index (χ4v) is 1.77. The molecule has 0 heterocycles. The van der Waals surface area contributed by atoms with Gasteiger partial charge in [-0.1, -0.05) is 12.1 Å². The Bertz CT molecular complexity index is 499. The van der Waals surface area contributed by atoms with Crippen LogP contribution in [-0.4, -0.2) is 31.1 Å². The molecule has 1 atom stereocenters. The third kappa shape index (κ3) is 5.45. The van der Waals surface area contributed by atoms with Crippen molar-refractivity contribution in [3.63, 3.8) is 0 Å². The van der Waals surface area contributed by atoms with Gasteiger partial charge in [0.15, 0.2) is 0 Å². The van der Waals surface area contributed by atoms with E-state index in [-0.39, 0.29) is 18.9 Å². The second kappa shape index (κ2) is 8.29. The Balaban J connectivity index is 2.37. The van der Waals surface area contributed by atoms with E-state index in [0.29, 0.717) is 6.61 Å². The van der Waals surface area contributed by atoms with E-state index in [4.69, 9.17) is 9.47 Å². The lowest BCUT2D eigenvalue weighted by Crippen LogP contribution is -2.40. The Morgan fingerprint density at radius 2 is 2.00 bits per heavy atom. The van der Waals surface area contributed by atoms with Crippen molar-refractivity contribution in [2.45, 2.75) is 40.2 Å². The summed E-state index contributed by atoms with van der Waals surface area (Å²) in [6.45, 7) is 7.88. The molecule has 0 aliphatic heterocycles. The normalized spacial score (nSPS) is 11.6. The summed E-state index contributed by atoms with van der Waals surface area (Å²) in [7, 11) is 0. The number of carbonyl (C=O) groups is 2. The standard InChI is InChI=1S/C16H23NO4/c1-5-20-16(19)13(4)17-15(18)9-10-21-14-8-6-7-11(2)12(14)3/h6-8,13H,5,9-10H2,1-4H3,(H,17,18). The molecule has 1 amide bonds. The van der Waals surface area contributed by atoms with Gasteiger partial charge in [-0.05, 0) is 44.9 Å². The first-order chi connectivity index (χ1) is 9.95. The minimum atomic E-state index is -0.641. The predicted octanol–water partition coefficient (Wildman–Crippen LogP) is 2.14.